The van der Waals surface area contributed by atoms with Crippen molar-refractivity contribution in [2.75, 3.05) is 0 Å². The molecule has 0 aromatic carbocycles. The molecule has 0 amide bonds. The van der Waals surface area contributed by atoms with Gasteiger partial charge in [-0.2, -0.15) is 0 Å². The van der Waals surface area contributed by atoms with Crippen molar-refractivity contribution >= 4 is 11.8 Å². The van der Waals surface area contributed by atoms with Crippen LogP contribution in [-0.2, 0) is 0 Å². The van der Waals surface area contributed by atoms with Crippen LogP contribution in [0.4, 0.5) is 0 Å². The van der Waals surface area contributed by atoms with Gasteiger partial charge in [-0.05, 0) is 11.8 Å². The van der Waals surface area contributed by atoms with Crippen LogP contribution in [0.3, 0.4) is 0 Å². The lowest BCUT2D eigenvalue weighted by Gasteiger charge is -2.13. The van der Waals surface area contributed by atoms with Crippen LogP contribution in [0.1, 0.15) is 34.1 Å². The molecule has 0 spiro atoms. The average molecular weight is 170 g/mol. The number of rotatable bonds is 3. The first-order valence-corrected chi connectivity index (χ1v) is 4.86. The molecule has 0 aliphatic heterocycles. The Balaban J connectivity index is 3.70. The Morgan fingerprint density at radius 2 is 2.00 bits per heavy atom. The first kappa shape index (κ1) is 10.8. The zero-order valence-corrected chi connectivity index (χ0v) is 8.79. The minimum atomic E-state index is 0.324. The summed E-state index contributed by atoms with van der Waals surface area (Å²) < 4.78 is 0.324. The van der Waals surface area contributed by atoms with Crippen molar-refractivity contribution in [2.45, 2.75) is 38.9 Å². The van der Waals surface area contributed by atoms with Crippen LogP contribution in [0, 0.1) is 0 Å². The van der Waals surface area contributed by atoms with Gasteiger partial charge in [0, 0.05) is 4.75 Å². The highest BCUT2D eigenvalue weighted by Gasteiger charge is 2.06. The Labute approximate surface area is 74.8 Å². The maximum absolute atomic E-state index is 3.89. The summed E-state index contributed by atoms with van der Waals surface area (Å²) in [5.41, 5.74) is 1.20. The van der Waals surface area contributed by atoms with E-state index >= 15 is 0 Å². The van der Waals surface area contributed by atoms with E-state index in [1.807, 2.05) is 11.8 Å². The second-order valence-electron chi connectivity index (χ2n) is 3.54. The standard InChI is InChI=1S/C10H18S/c1-6-9(2)7-8-11-10(3,4)5/h7-8H,2,6H2,1,3-5H3/b8-7-. The highest BCUT2D eigenvalue weighted by Crippen LogP contribution is 2.24. The van der Waals surface area contributed by atoms with Gasteiger partial charge >= 0.3 is 0 Å². The third kappa shape index (κ3) is 7.73. The molecule has 64 valence electrons. The van der Waals surface area contributed by atoms with E-state index in [1.54, 1.807) is 0 Å². The molecule has 0 bridgehead atoms. The smallest absolute Gasteiger partial charge is 0.0116 e. The summed E-state index contributed by atoms with van der Waals surface area (Å²) in [6.45, 7) is 12.6. The van der Waals surface area contributed by atoms with Crippen molar-refractivity contribution in [3.05, 3.63) is 23.6 Å². The van der Waals surface area contributed by atoms with Gasteiger partial charge in [0.1, 0.15) is 0 Å². The van der Waals surface area contributed by atoms with Gasteiger partial charge in [0.25, 0.3) is 0 Å². The minimum absolute atomic E-state index is 0.324. The molecule has 1 heteroatoms. The molecule has 0 fully saturated rings. The Morgan fingerprint density at radius 1 is 1.45 bits per heavy atom. The van der Waals surface area contributed by atoms with Gasteiger partial charge < -0.3 is 0 Å². The number of hydrogen-bond acceptors (Lipinski definition) is 1. The van der Waals surface area contributed by atoms with Crippen LogP contribution in [0.5, 0.6) is 0 Å². The SMILES string of the molecule is C=C(/C=C\SC(C)(C)C)CC. The van der Waals surface area contributed by atoms with Crippen LogP contribution in [-0.4, -0.2) is 4.75 Å². The molecule has 0 atom stereocenters. The predicted octanol–water partition coefficient (Wildman–Crippen LogP) is 4.00. The fourth-order valence-corrected chi connectivity index (χ4v) is 1.12. The molecule has 0 radical (unpaired) electrons. The van der Waals surface area contributed by atoms with Gasteiger partial charge in [-0.25, -0.2) is 0 Å². The van der Waals surface area contributed by atoms with Crippen molar-refractivity contribution in [2.24, 2.45) is 0 Å². The van der Waals surface area contributed by atoms with Crippen LogP contribution >= 0.6 is 11.8 Å². The van der Waals surface area contributed by atoms with E-state index in [9.17, 15) is 0 Å². The quantitative estimate of drug-likeness (QED) is 0.577. The number of allylic oxidation sites excluding steroid dienone is 2. The zero-order valence-electron chi connectivity index (χ0n) is 7.98. The molecule has 11 heavy (non-hydrogen) atoms. The largest absolute Gasteiger partial charge is 0.128 e. The van der Waals surface area contributed by atoms with E-state index in [4.69, 9.17) is 0 Å². The third-order valence-electron chi connectivity index (χ3n) is 1.18. The van der Waals surface area contributed by atoms with Crippen LogP contribution < -0.4 is 0 Å². The highest BCUT2D eigenvalue weighted by atomic mass is 32.2. The molecule has 0 aromatic rings. The second-order valence-corrected chi connectivity index (χ2v) is 5.28. The molecule has 0 aliphatic carbocycles. The summed E-state index contributed by atoms with van der Waals surface area (Å²) in [5.74, 6) is 0. The van der Waals surface area contributed by atoms with E-state index in [0.717, 1.165) is 6.42 Å². The van der Waals surface area contributed by atoms with E-state index in [-0.39, 0.29) is 0 Å². The predicted molar refractivity (Wildman–Crippen MR) is 55.9 cm³/mol. The lowest BCUT2D eigenvalue weighted by atomic mass is 10.2. The molecule has 0 saturated carbocycles. The minimum Gasteiger partial charge on any atom is -0.128 e. The summed E-state index contributed by atoms with van der Waals surface area (Å²) in [7, 11) is 0. The first-order valence-electron chi connectivity index (χ1n) is 3.98. The van der Waals surface area contributed by atoms with Gasteiger partial charge in [0.2, 0.25) is 0 Å². The lowest BCUT2D eigenvalue weighted by molar-refractivity contribution is 0.807. The topological polar surface area (TPSA) is 0 Å². The van der Waals surface area contributed by atoms with Gasteiger partial charge in [-0.3, -0.25) is 0 Å². The number of thioether (sulfide) groups is 1. The fraction of sp³-hybridized carbons (Fsp3) is 0.600. The third-order valence-corrected chi connectivity index (χ3v) is 2.16. The van der Waals surface area contributed by atoms with Crippen molar-refractivity contribution in [1.29, 1.82) is 0 Å². The van der Waals surface area contributed by atoms with Crippen molar-refractivity contribution in [3.8, 4) is 0 Å². The van der Waals surface area contributed by atoms with Gasteiger partial charge in [0.05, 0.1) is 0 Å². The average Bonchev–Trinajstić information content (AvgIpc) is 1.85. The molecule has 0 N–H and O–H groups in total. The molecule has 0 rings (SSSR count). The Kier molecular flexibility index (Phi) is 4.58. The molecule has 0 heterocycles. The summed E-state index contributed by atoms with van der Waals surface area (Å²) >= 11 is 1.84. The molecule has 0 nitrogen and oxygen atoms in total. The van der Waals surface area contributed by atoms with E-state index in [0.29, 0.717) is 4.75 Å². The monoisotopic (exact) mass is 170 g/mol. The molecular formula is C10H18S. The Hall–Kier alpha value is -0.170. The first-order chi connectivity index (χ1) is 4.95. The Bertz CT molecular complexity index is 149. The molecule has 0 unspecified atom stereocenters. The maximum atomic E-state index is 3.89. The van der Waals surface area contributed by atoms with E-state index in [1.165, 1.54) is 5.57 Å². The van der Waals surface area contributed by atoms with Crippen LogP contribution in [0.15, 0.2) is 23.6 Å². The number of hydrogen-bond donors (Lipinski definition) is 0. The van der Waals surface area contributed by atoms with Crippen molar-refractivity contribution < 1.29 is 0 Å². The lowest BCUT2D eigenvalue weighted by Crippen LogP contribution is -2.04. The normalized spacial score (nSPS) is 12.4. The zero-order chi connectivity index (χ0) is 8.91. The molecule has 0 aromatic heterocycles. The summed E-state index contributed by atoms with van der Waals surface area (Å²) in [6, 6.07) is 0. The molecule has 0 saturated heterocycles. The van der Waals surface area contributed by atoms with Gasteiger partial charge in [0.15, 0.2) is 0 Å². The fourth-order valence-electron chi connectivity index (χ4n) is 0.452. The highest BCUT2D eigenvalue weighted by molar-refractivity contribution is 8.03. The summed E-state index contributed by atoms with van der Waals surface area (Å²) in [5, 5.41) is 2.13. The maximum Gasteiger partial charge on any atom is 0.0116 e. The van der Waals surface area contributed by atoms with Gasteiger partial charge in [-0.1, -0.05) is 45.9 Å². The van der Waals surface area contributed by atoms with Crippen molar-refractivity contribution in [1.82, 2.24) is 0 Å². The molecular weight excluding hydrogens is 152 g/mol. The van der Waals surface area contributed by atoms with Crippen LogP contribution in [0.2, 0.25) is 0 Å². The molecule has 0 aliphatic rings. The second kappa shape index (κ2) is 4.66. The van der Waals surface area contributed by atoms with E-state index < -0.39 is 0 Å². The van der Waals surface area contributed by atoms with Crippen LogP contribution in [0.25, 0.3) is 0 Å². The van der Waals surface area contributed by atoms with E-state index in [2.05, 4.69) is 45.8 Å². The van der Waals surface area contributed by atoms with Gasteiger partial charge in [-0.15, -0.1) is 11.8 Å². The Morgan fingerprint density at radius 3 is 2.36 bits per heavy atom. The summed E-state index contributed by atoms with van der Waals surface area (Å²) in [4.78, 5) is 0. The summed E-state index contributed by atoms with van der Waals surface area (Å²) in [6.07, 6.45) is 3.14. The van der Waals surface area contributed by atoms with Crippen molar-refractivity contribution in [3.63, 3.8) is 0 Å².